The molecule has 0 radical (unpaired) electrons. The second kappa shape index (κ2) is 7.73. The van der Waals surface area contributed by atoms with Crippen LogP contribution in [0, 0.1) is 0 Å². The number of nitrogens with zero attached hydrogens (tertiary/aromatic N) is 1. The third-order valence-electron chi connectivity index (χ3n) is 3.00. The molecular formula is C17H15N2O3-. The molecule has 2 rings (SSSR count). The molecule has 22 heavy (non-hydrogen) atoms. The van der Waals surface area contributed by atoms with Crippen molar-refractivity contribution in [3.8, 4) is 0 Å². The Morgan fingerprint density at radius 2 is 1.95 bits per heavy atom. The van der Waals surface area contributed by atoms with E-state index >= 15 is 0 Å². The number of pyridine rings is 1. The normalized spacial score (nSPS) is 12.0. The van der Waals surface area contributed by atoms with Crippen LogP contribution in [0.5, 0.6) is 0 Å². The van der Waals surface area contributed by atoms with Crippen molar-refractivity contribution in [2.75, 3.05) is 0 Å². The number of carboxylic acids is 1. The van der Waals surface area contributed by atoms with Gasteiger partial charge in [0.2, 0.25) is 5.91 Å². The molecule has 1 amide bonds. The lowest BCUT2D eigenvalue weighted by molar-refractivity contribution is -0.308. The monoisotopic (exact) mass is 295 g/mol. The Hall–Kier alpha value is -2.95. The molecule has 0 aliphatic carbocycles. The summed E-state index contributed by atoms with van der Waals surface area (Å²) in [5.74, 6) is -1.80. The Kier molecular flexibility index (Phi) is 5.43. The Morgan fingerprint density at radius 3 is 2.59 bits per heavy atom. The highest BCUT2D eigenvalue weighted by Crippen LogP contribution is 2.03. The highest BCUT2D eigenvalue weighted by molar-refractivity contribution is 5.94. The molecule has 0 bridgehead atoms. The van der Waals surface area contributed by atoms with Gasteiger partial charge in [-0.1, -0.05) is 36.4 Å². The first-order valence-electron chi connectivity index (χ1n) is 6.78. The van der Waals surface area contributed by atoms with Gasteiger partial charge in [-0.2, -0.15) is 0 Å². The molecule has 0 aliphatic rings. The SMILES string of the molecule is O=C(/C=C/c1cccnc1)N[C@@H](Cc1ccccc1)C(=O)[O-]. The smallest absolute Gasteiger partial charge is 0.244 e. The summed E-state index contributed by atoms with van der Waals surface area (Å²) < 4.78 is 0. The lowest BCUT2D eigenvalue weighted by Crippen LogP contribution is -2.48. The van der Waals surface area contributed by atoms with Crippen molar-refractivity contribution in [1.29, 1.82) is 0 Å². The minimum absolute atomic E-state index is 0.176. The molecule has 112 valence electrons. The van der Waals surface area contributed by atoms with Gasteiger partial charge in [-0.3, -0.25) is 9.78 Å². The van der Waals surface area contributed by atoms with Crippen molar-refractivity contribution in [1.82, 2.24) is 10.3 Å². The van der Waals surface area contributed by atoms with Crippen LogP contribution < -0.4 is 10.4 Å². The van der Waals surface area contributed by atoms with Gasteiger partial charge in [0.15, 0.2) is 0 Å². The van der Waals surface area contributed by atoms with Gasteiger partial charge < -0.3 is 15.2 Å². The number of hydrogen-bond acceptors (Lipinski definition) is 4. The molecule has 5 nitrogen and oxygen atoms in total. The maximum absolute atomic E-state index is 11.8. The standard InChI is InChI=1S/C17H16N2O3/c20-16(9-8-14-7-4-10-18-12-14)19-15(17(21)22)11-13-5-2-1-3-6-13/h1-10,12,15H,11H2,(H,19,20)(H,21,22)/p-1/b9-8+/t15-/m0/s1. The topological polar surface area (TPSA) is 82.1 Å². The molecule has 0 aliphatic heterocycles. The molecule has 1 atom stereocenters. The van der Waals surface area contributed by atoms with E-state index in [0.717, 1.165) is 11.1 Å². The number of rotatable bonds is 6. The van der Waals surface area contributed by atoms with Crippen LogP contribution in [0.1, 0.15) is 11.1 Å². The minimum Gasteiger partial charge on any atom is -0.548 e. The van der Waals surface area contributed by atoms with Crippen molar-refractivity contribution in [2.45, 2.75) is 12.5 Å². The summed E-state index contributed by atoms with van der Waals surface area (Å²) in [6, 6.07) is 11.5. The fourth-order valence-corrected chi connectivity index (χ4v) is 1.91. The highest BCUT2D eigenvalue weighted by atomic mass is 16.4. The first-order chi connectivity index (χ1) is 10.6. The van der Waals surface area contributed by atoms with Crippen LogP contribution in [-0.4, -0.2) is 22.9 Å². The number of carboxylic acid groups (broad SMARTS) is 1. The first-order valence-corrected chi connectivity index (χ1v) is 6.78. The Morgan fingerprint density at radius 1 is 1.18 bits per heavy atom. The lowest BCUT2D eigenvalue weighted by Gasteiger charge is -2.18. The average Bonchev–Trinajstić information content (AvgIpc) is 2.54. The Labute approximate surface area is 128 Å². The molecule has 0 unspecified atom stereocenters. The fraction of sp³-hybridized carbons (Fsp3) is 0.118. The van der Waals surface area contributed by atoms with E-state index in [1.807, 2.05) is 18.2 Å². The molecule has 0 spiro atoms. The summed E-state index contributed by atoms with van der Waals surface area (Å²) in [6.45, 7) is 0. The van der Waals surface area contributed by atoms with E-state index in [-0.39, 0.29) is 6.42 Å². The van der Waals surface area contributed by atoms with Gasteiger partial charge in [-0.05, 0) is 29.7 Å². The van der Waals surface area contributed by atoms with E-state index in [2.05, 4.69) is 10.3 Å². The molecule has 1 aromatic carbocycles. The van der Waals surface area contributed by atoms with Crippen LogP contribution >= 0.6 is 0 Å². The fourth-order valence-electron chi connectivity index (χ4n) is 1.91. The van der Waals surface area contributed by atoms with Gasteiger partial charge >= 0.3 is 0 Å². The van der Waals surface area contributed by atoms with Crippen LogP contribution in [0.3, 0.4) is 0 Å². The van der Waals surface area contributed by atoms with E-state index in [4.69, 9.17) is 0 Å². The zero-order chi connectivity index (χ0) is 15.8. The van der Waals surface area contributed by atoms with Gasteiger partial charge in [-0.15, -0.1) is 0 Å². The van der Waals surface area contributed by atoms with Crippen LogP contribution in [0.2, 0.25) is 0 Å². The molecule has 1 N–H and O–H groups in total. The number of nitrogens with one attached hydrogen (secondary N) is 1. The molecule has 0 fully saturated rings. The number of carbonyl (C=O) groups excluding carboxylic acids is 2. The van der Waals surface area contributed by atoms with Gasteiger partial charge in [0.25, 0.3) is 0 Å². The van der Waals surface area contributed by atoms with Gasteiger partial charge in [0, 0.05) is 18.5 Å². The van der Waals surface area contributed by atoms with E-state index in [9.17, 15) is 14.7 Å². The maximum atomic E-state index is 11.8. The maximum Gasteiger partial charge on any atom is 0.244 e. The third kappa shape index (κ3) is 4.86. The molecule has 1 aromatic heterocycles. The molecular weight excluding hydrogens is 280 g/mol. The number of aromatic nitrogens is 1. The second-order valence-electron chi connectivity index (χ2n) is 4.69. The number of amides is 1. The van der Waals surface area contributed by atoms with Crippen LogP contribution in [0.4, 0.5) is 0 Å². The number of carbonyl (C=O) groups is 2. The van der Waals surface area contributed by atoms with Crippen LogP contribution in [-0.2, 0) is 16.0 Å². The van der Waals surface area contributed by atoms with Gasteiger partial charge in [0.05, 0.1) is 12.0 Å². The van der Waals surface area contributed by atoms with Crippen molar-refractivity contribution >= 4 is 18.0 Å². The Balaban J connectivity index is 1.97. The van der Waals surface area contributed by atoms with Crippen molar-refractivity contribution in [2.24, 2.45) is 0 Å². The van der Waals surface area contributed by atoms with E-state index in [1.165, 1.54) is 6.08 Å². The zero-order valence-corrected chi connectivity index (χ0v) is 11.8. The summed E-state index contributed by atoms with van der Waals surface area (Å²) in [5, 5.41) is 13.6. The van der Waals surface area contributed by atoms with E-state index in [1.54, 1.807) is 42.7 Å². The number of aliphatic carboxylic acids is 1. The summed E-state index contributed by atoms with van der Waals surface area (Å²) >= 11 is 0. The molecule has 2 aromatic rings. The first kappa shape index (κ1) is 15.4. The molecule has 0 saturated heterocycles. The Bertz CT molecular complexity index is 654. The van der Waals surface area contributed by atoms with Crippen molar-refractivity contribution in [3.63, 3.8) is 0 Å². The van der Waals surface area contributed by atoms with E-state index in [0.29, 0.717) is 0 Å². The van der Waals surface area contributed by atoms with Crippen molar-refractivity contribution < 1.29 is 14.7 Å². The van der Waals surface area contributed by atoms with Gasteiger partial charge in [-0.25, -0.2) is 0 Å². The van der Waals surface area contributed by atoms with Crippen molar-refractivity contribution in [3.05, 3.63) is 72.1 Å². The summed E-state index contributed by atoms with van der Waals surface area (Å²) in [6.07, 6.45) is 6.25. The van der Waals surface area contributed by atoms with E-state index < -0.39 is 17.9 Å². The average molecular weight is 295 g/mol. The zero-order valence-electron chi connectivity index (χ0n) is 11.8. The molecule has 1 heterocycles. The third-order valence-corrected chi connectivity index (χ3v) is 3.00. The summed E-state index contributed by atoms with van der Waals surface area (Å²) in [5.41, 5.74) is 1.57. The predicted molar refractivity (Wildman–Crippen MR) is 80.4 cm³/mol. The second-order valence-corrected chi connectivity index (χ2v) is 4.69. The minimum atomic E-state index is -1.31. The molecule has 5 heteroatoms. The largest absolute Gasteiger partial charge is 0.548 e. The number of hydrogen-bond donors (Lipinski definition) is 1. The quantitative estimate of drug-likeness (QED) is 0.790. The predicted octanol–water partition coefficient (Wildman–Crippen LogP) is 0.572. The molecule has 0 saturated carbocycles. The lowest BCUT2D eigenvalue weighted by atomic mass is 10.1. The van der Waals surface area contributed by atoms with Crippen LogP contribution in [0.15, 0.2) is 60.9 Å². The van der Waals surface area contributed by atoms with Crippen LogP contribution in [0.25, 0.3) is 6.08 Å². The van der Waals surface area contributed by atoms with Gasteiger partial charge in [0.1, 0.15) is 0 Å². The highest BCUT2D eigenvalue weighted by Gasteiger charge is 2.12. The number of benzene rings is 1. The summed E-state index contributed by atoms with van der Waals surface area (Å²) in [4.78, 5) is 26.9. The summed E-state index contributed by atoms with van der Waals surface area (Å²) in [7, 11) is 0.